The summed E-state index contributed by atoms with van der Waals surface area (Å²) >= 11 is 0. The highest BCUT2D eigenvalue weighted by Crippen LogP contribution is 2.33. The molecule has 134 valence electrons. The molecule has 1 atom stereocenters. The van der Waals surface area contributed by atoms with Crippen molar-refractivity contribution in [2.75, 3.05) is 0 Å². The van der Waals surface area contributed by atoms with Crippen LogP contribution in [0.4, 0.5) is 0 Å². The fraction of sp³-hybridized carbons (Fsp3) is 0.429. The lowest BCUT2D eigenvalue weighted by Gasteiger charge is -2.27. The van der Waals surface area contributed by atoms with E-state index in [1.807, 2.05) is 13.8 Å². The third kappa shape index (κ3) is 4.59. The van der Waals surface area contributed by atoms with Crippen LogP contribution in [0.3, 0.4) is 0 Å². The van der Waals surface area contributed by atoms with Crippen molar-refractivity contribution >= 4 is 22.7 Å². The number of rotatable bonds is 5. The van der Waals surface area contributed by atoms with E-state index < -0.39 is 5.97 Å². The van der Waals surface area contributed by atoms with Crippen LogP contribution in [-0.4, -0.2) is 17.0 Å². The molecule has 25 heavy (non-hydrogen) atoms. The second-order valence-corrected chi connectivity index (χ2v) is 8.00. The van der Waals surface area contributed by atoms with Crippen LogP contribution >= 0.6 is 0 Å². The summed E-state index contributed by atoms with van der Waals surface area (Å²) in [6.45, 7) is 10.3. The number of benzene rings is 2. The molecule has 0 fully saturated rings. The van der Waals surface area contributed by atoms with Crippen LogP contribution in [0.1, 0.15) is 51.4 Å². The van der Waals surface area contributed by atoms with Gasteiger partial charge in [0.05, 0.1) is 11.5 Å². The smallest absolute Gasteiger partial charge is 0.336 e. The quantitative estimate of drug-likeness (QED) is 0.603. The maximum Gasteiger partial charge on any atom is 0.336 e. The van der Waals surface area contributed by atoms with Crippen molar-refractivity contribution in [1.29, 1.82) is 0 Å². The molecule has 0 aliphatic heterocycles. The zero-order valence-electron chi connectivity index (χ0n) is 15.5. The van der Waals surface area contributed by atoms with Crippen molar-refractivity contribution in [3.05, 3.63) is 42.0 Å². The Hall–Kier alpha value is -2.36. The zero-order valence-corrected chi connectivity index (χ0v) is 15.5. The van der Waals surface area contributed by atoms with Crippen molar-refractivity contribution in [2.45, 2.75) is 41.0 Å². The Morgan fingerprint density at radius 3 is 2.20 bits per heavy atom. The van der Waals surface area contributed by atoms with Gasteiger partial charge >= 0.3 is 11.9 Å². The summed E-state index contributed by atoms with van der Waals surface area (Å²) < 4.78 is 5.70. The van der Waals surface area contributed by atoms with Crippen molar-refractivity contribution in [3.63, 3.8) is 0 Å². The normalized spacial score (nSPS) is 13.0. The van der Waals surface area contributed by atoms with Gasteiger partial charge in [0.25, 0.3) is 0 Å². The minimum Gasteiger partial charge on any atom is -0.478 e. The van der Waals surface area contributed by atoms with Crippen LogP contribution in [-0.2, 0) is 4.79 Å². The Morgan fingerprint density at radius 1 is 1.04 bits per heavy atom. The number of fused-ring (bicyclic) bond motifs is 1. The lowest BCUT2D eigenvalue weighted by molar-refractivity contribution is -0.141. The first kappa shape index (κ1) is 19.0. The molecule has 2 rings (SSSR count). The Kier molecular flexibility index (Phi) is 5.51. The van der Waals surface area contributed by atoms with E-state index in [0.29, 0.717) is 16.5 Å². The second-order valence-electron chi connectivity index (χ2n) is 8.00. The zero-order chi connectivity index (χ0) is 18.8. The Labute approximate surface area is 148 Å². The molecule has 0 amide bonds. The van der Waals surface area contributed by atoms with Crippen LogP contribution in [0.25, 0.3) is 10.8 Å². The molecule has 0 aliphatic carbocycles. The van der Waals surface area contributed by atoms with Gasteiger partial charge in [-0.25, -0.2) is 4.79 Å². The molecule has 1 N–H and O–H groups in total. The van der Waals surface area contributed by atoms with E-state index >= 15 is 0 Å². The summed E-state index contributed by atoms with van der Waals surface area (Å²) in [6, 6.07) is 10.1. The fourth-order valence-electron chi connectivity index (χ4n) is 2.99. The van der Waals surface area contributed by atoms with E-state index in [9.17, 15) is 14.7 Å². The molecule has 2 aromatic carbocycles. The highest BCUT2D eigenvalue weighted by molar-refractivity contribution is 6.05. The number of carboxylic acids is 1. The van der Waals surface area contributed by atoms with Crippen molar-refractivity contribution in [2.24, 2.45) is 17.3 Å². The average Bonchev–Trinajstić information content (AvgIpc) is 2.51. The monoisotopic (exact) mass is 342 g/mol. The van der Waals surface area contributed by atoms with Crippen LogP contribution in [0, 0.1) is 17.3 Å². The van der Waals surface area contributed by atoms with Gasteiger partial charge in [-0.05, 0) is 35.3 Å². The molecule has 0 radical (unpaired) electrons. The first-order chi connectivity index (χ1) is 11.6. The first-order valence-electron chi connectivity index (χ1n) is 8.57. The van der Waals surface area contributed by atoms with Gasteiger partial charge in [-0.3, -0.25) is 4.79 Å². The number of carbonyl (C=O) groups excluding carboxylic acids is 1. The van der Waals surface area contributed by atoms with E-state index in [1.54, 1.807) is 36.4 Å². The fourth-order valence-corrected chi connectivity index (χ4v) is 2.99. The molecular formula is C21H26O4. The summed E-state index contributed by atoms with van der Waals surface area (Å²) in [7, 11) is 0. The number of ether oxygens (including phenoxy) is 1. The van der Waals surface area contributed by atoms with Gasteiger partial charge in [0.15, 0.2) is 0 Å². The van der Waals surface area contributed by atoms with Gasteiger partial charge in [-0.2, -0.15) is 0 Å². The predicted molar refractivity (Wildman–Crippen MR) is 98.9 cm³/mol. The first-order valence-corrected chi connectivity index (χ1v) is 8.57. The highest BCUT2D eigenvalue weighted by Gasteiger charge is 2.29. The predicted octanol–water partition coefficient (Wildman–Crippen LogP) is 5.15. The number of esters is 1. The third-order valence-electron chi connectivity index (χ3n) is 4.26. The van der Waals surface area contributed by atoms with Crippen LogP contribution in [0.2, 0.25) is 0 Å². The molecule has 1 unspecified atom stereocenters. The maximum absolute atomic E-state index is 12.8. The number of aromatic carboxylic acids is 1. The SMILES string of the molecule is CC(C)C(CC(C)(C)C)C(=O)Oc1cccc2c(C(=O)O)cccc12. The van der Waals surface area contributed by atoms with Gasteiger partial charge < -0.3 is 9.84 Å². The minimum atomic E-state index is -0.998. The number of hydrogen-bond donors (Lipinski definition) is 1. The third-order valence-corrected chi connectivity index (χ3v) is 4.26. The van der Waals surface area contributed by atoms with E-state index in [0.717, 1.165) is 6.42 Å². The largest absolute Gasteiger partial charge is 0.478 e. The maximum atomic E-state index is 12.8. The van der Waals surface area contributed by atoms with Crippen molar-refractivity contribution < 1.29 is 19.4 Å². The summed E-state index contributed by atoms with van der Waals surface area (Å²) in [5, 5.41) is 10.5. The van der Waals surface area contributed by atoms with Gasteiger partial charge in [-0.15, -0.1) is 0 Å². The molecule has 0 spiro atoms. The van der Waals surface area contributed by atoms with E-state index in [-0.39, 0.29) is 28.8 Å². The van der Waals surface area contributed by atoms with Crippen LogP contribution in [0.15, 0.2) is 36.4 Å². The number of carboxylic acid groups (broad SMARTS) is 1. The molecule has 0 aromatic heterocycles. The Morgan fingerprint density at radius 2 is 1.64 bits per heavy atom. The highest BCUT2D eigenvalue weighted by atomic mass is 16.5. The molecule has 2 aromatic rings. The molecule has 0 saturated carbocycles. The van der Waals surface area contributed by atoms with Gasteiger partial charge in [0.1, 0.15) is 5.75 Å². The van der Waals surface area contributed by atoms with E-state index in [4.69, 9.17) is 4.74 Å². The molecular weight excluding hydrogens is 316 g/mol. The standard InChI is InChI=1S/C21H26O4/c1-13(2)17(12-21(3,4)5)20(24)25-18-11-7-8-14-15(18)9-6-10-16(14)19(22)23/h6-11,13,17H,12H2,1-5H3,(H,22,23). The molecule has 4 nitrogen and oxygen atoms in total. The summed E-state index contributed by atoms with van der Waals surface area (Å²) in [4.78, 5) is 24.2. The summed E-state index contributed by atoms with van der Waals surface area (Å²) in [5.74, 6) is -0.903. The Balaban J connectivity index is 2.38. The molecule has 0 heterocycles. The summed E-state index contributed by atoms with van der Waals surface area (Å²) in [5.41, 5.74) is 0.217. The molecule has 4 heteroatoms. The van der Waals surface area contributed by atoms with Gasteiger partial charge in [0.2, 0.25) is 0 Å². The lowest BCUT2D eigenvalue weighted by Crippen LogP contribution is -2.29. The summed E-state index contributed by atoms with van der Waals surface area (Å²) in [6.07, 6.45) is 0.731. The van der Waals surface area contributed by atoms with Gasteiger partial charge in [0, 0.05) is 5.39 Å². The second kappa shape index (κ2) is 7.26. The molecule has 0 saturated heterocycles. The average molecular weight is 342 g/mol. The minimum absolute atomic E-state index is 0.0171. The topological polar surface area (TPSA) is 63.6 Å². The molecule has 0 aliphatic rings. The van der Waals surface area contributed by atoms with Crippen molar-refractivity contribution in [3.8, 4) is 5.75 Å². The van der Waals surface area contributed by atoms with Crippen molar-refractivity contribution in [1.82, 2.24) is 0 Å². The number of carbonyl (C=O) groups is 2. The molecule has 0 bridgehead atoms. The van der Waals surface area contributed by atoms with Crippen LogP contribution in [0.5, 0.6) is 5.75 Å². The van der Waals surface area contributed by atoms with E-state index in [2.05, 4.69) is 20.8 Å². The number of hydrogen-bond acceptors (Lipinski definition) is 3. The van der Waals surface area contributed by atoms with Gasteiger partial charge in [-0.1, -0.05) is 58.9 Å². The Bertz CT molecular complexity index is 784. The lowest BCUT2D eigenvalue weighted by atomic mass is 9.80. The van der Waals surface area contributed by atoms with E-state index in [1.165, 1.54) is 0 Å². The van der Waals surface area contributed by atoms with Crippen LogP contribution < -0.4 is 4.74 Å².